The number of anilines is 3. The van der Waals surface area contributed by atoms with Crippen molar-refractivity contribution in [1.82, 2.24) is 30.2 Å². The van der Waals surface area contributed by atoms with Crippen LogP contribution < -0.4 is 4.90 Å². The zero-order valence-corrected chi connectivity index (χ0v) is 20.3. The van der Waals surface area contributed by atoms with Gasteiger partial charge >= 0.3 is 5.97 Å². The molecule has 180 valence electrons. The van der Waals surface area contributed by atoms with Gasteiger partial charge in [0, 0.05) is 6.42 Å². The third kappa shape index (κ3) is 3.19. The van der Waals surface area contributed by atoms with Crippen LogP contribution in [0, 0.1) is 13.8 Å². The minimum atomic E-state index is -0.965. The molecule has 0 atom stereocenters. The number of para-hydroxylation sites is 2. The summed E-state index contributed by atoms with van der Waals surface area (Å²) in [6.45, 7) is 6.21. The standard InChI is InChI=1S/C27H25N7O2/c1-4-23-28-20-10-7-9-19(26(35)36)25(20)34(23)24-15(2)14-22-18(16(24)3)13-12-17-8-5-6-11-21(17)33(22)27-29-31-32-30-27/h5-11,14H,4,12-13H2,1-3H3,(H,35,36)(H,29,30,31,32). The normalized spacial score (nSPS) is 12.9. The van der Waals surface area contributed by atoms with Crippen molar-refractivity contribution < 1.29 is 9.90 Å². The average Bonchev–Trinajstić information content (AvgIpc) is 3.49. The van der Waals surface area contributed by atoms with Gasteiger partial charge in [-0.05, 0) is 78.4 Å². The Balaban J connectivity index is 1.66. The Morgan fingerprint density at radius 2 is 1.92 bits per heavy atom. The van der Waals surface area contributed by atoms with Crippen LogP contribution >= 0.6 is 0 Å². The highest BCUT2D eigenvalue weighted by Gasteiger charge is 2.29. The van der Waals surface area contributed by atoms with Gasteiger partial charge in [-0.1, -0.05) is 36.3 Å². The average molecular weight is 480 g/mol. The van der Waals surface area contributed by atoms with E-state index in [2.05, 4.69) is 57.6 Å². The number of aromatic carboxylic acids is 1. The molecule has 5 aromatic rings. The molecule has 6 rings (SSSR count). The largest absolute Gasteiger partial charge is 0.478 e. The zero-order chi connectivity index (χ0) is 25.0. The van der Waals surface area contributed by atoms with Crippen molar-refractivity contribution in [3.63, 3.8) is 0 Å². The van der Waals surface area contributed by atoms with Gasteiger partial charge < -0.3 is 5.11 Å². The van der Waals surface area contributed by atoms with Gasteiger partial charge in [-0.25, -0.2) is 9.78 Å². The smallest absolute Gasteiger partial charge is 0.337 e. The van der Waals surface area contributed by atoms with Crippen LogP contribution in [0.3, 0.4) is 0 Å². The van der Waals surface area contributed by atoms with Crippen molar-refractivity contribution in [3.8, 4) is 5.69 Å². The van der Waals surface area contributed by atoms with Crippen LogP contribution in [0.5, 0.6) is 0 Å². The number of nitrogens with one attached hydrogen (secondary N) is 1. The molecule has 0 unspecified atom stereocenters. The van der Waals surface area contributed by atoms with Gasteiger partial charge in [-0.15, -0.1) is 5.10 Å². The first kappa shape index (κ1) is 22.0. The summed E-state index contributed by atoms with van der Waals surface area (Å²) in [5, 5.41) is 25.0. The molecular formula is C27H25N7O2. The quantitative estimate of drug-likeness (QED) is 0.374. The van der Waals surface area contributed by atoms with Gasteiger partial charge in [0.25, 0.3) is 5.95 Å². The SMILES string of the molecule is CCc1nc2cccc(C(=O)O)c2n1-c1c(C)cc2c(c1C)CCc1ccccc1N2c1nn[nH]n1. The van der Waals surface area contributed by atoms with Gasteiger partial charge in [-0.3, -0.25) is 9.47 Å². The van der Waals surface area contributed by atoms with E-state index in [0.29, 0.717) is 23.4 Å². The van der Waals surface area contributed by atoms with Gasteiger partial charge in [0.2, 0.25) is 0 Å². The van der Waals surface area contributed by atoms with Crippen molar-refractivity contribution >= 4 is 34.3 Å². The van der Waals surface area contributed by atoms with E-state index in [0.717, 1.165) is 52.4 Å². The van der Waals surface area contributed by atoms with Gasteiger partial charge in [0.15, 0.2) is 0 Å². The third-order valence-electron chi connectivity index (χ3n) is 7.01. The topological polar surface area (TPSA) is 113 Å². The Bertz CT molecular complexity index is 1640. The number of carboxylic acids is 1. The first-order valence-electron chi connectivity index (χ1n) is 12.0. The molecule has 0 saturated heterocycles. The second-order valence-electron chi connectivity index (χ2n) is 9.04. The van der Waals surface area contributed by atoms with Crippen LogP contribution in [0.2, 0.25) is 0 Å². The second-order valence-corrected chi connectivity index (χ2v) is 9.04. The molecule has 0 radical (unpaired) electrons. The number of aryl methyl sites for hydroxylation is 3. The number of rotatable bonds is 4. The summed E-state index contributed by atoms with van der Waals surface area (Å²) in [6, 6.07) is 15.7. The molecule has 9 nitrogen and oxygen atoms in total. The number of nitrogens with zero attached hydrogens (tertiary/aromatic N) is 6. The molecule has 3 aromatic carbocycles. The Morgan fingerprint density at radius 3 is 2.67 bits per heavy atom. The summed E-state index contributed by atoms with van der Waals surface area (Å²) >= 11 is 0. The molecule has 0 fully saturated rings. The van der Waals surface area contributed by atoms with Crippen molar-refractivity contribution in [3.05, 3.63) is 82.2 Å². The predicted octanol–water partition coefficient (Wildman–Crippen LogP) is 4.98. The summed E-state index contributed by atoms with van der Waals surface area (Å²) in [5.74, 6) is 0.345. The van der Waals surface area contributed by atoms with E-state index in [1.165, 1.54) is 5.56 Å². The van der Waals surface area contributed by atoms with Crippen molar-refractivity contribution in [1.29, 1.82) is 0 Å². The molecule has 0 bridgehead atoms. The predicted molar refractivity (Wildman–Crippen MR) is 137 cm³/mol. The van der Waals surface area contributed by atoms with E-state index in [1.807, 2.05) is 29.7 Å². The molecule has 2 aromatic heterocycles. The highest BCUT2D eigenvalue weighted by Crippen LogP contribution is 2.44. The van der Waals surface area contributed by atoms with Crippen LogP contribution in [0.1, 0.15) is 45.4 Å². The van der Waals surface area contributed by atoms with Gasteiger partial charge in [-0.2, -0.15) is 5.21 Å². The molecule has 0 amide bonds. The number of imidazole rings is 1. The monoisotopic (exact) mass is 479 g/mol. The summed E-state index contributed by atoms with van der Waals surface area (Å²) in [7, 11) is 0. The minimum absolute atomic E-state index is 0.245. The lowest BCUT2D eigenvalue weighted by molar-refractivity contribution is 0.0698. The molecule has 0 saturated carbocycles. The molecule has 0 aliphatic carbocycles. The Hall–Kier alpha value is -4.53. The number of aromatic nitrogens is 6. The molecule has 1 aliphatic heterocycles. The lowest BCUT2D eigenvalue weighted by atomic mass is 9.95. The van der Waals surface area contributed by atoms with Crippen LogP contribution in [0.25, 0.3) is 16.7 Å². The number of carboxylic acid groups (broad SMARTS) is 1. The van der Waals surface area contributed by atoms with E-state index in [4.69, 9.17) is 4.98 Å². The maximum absolute atomic E-state index is 12.2. The Kier molecular flexibility index (Phi) is 5.06. The molecule has 3 heterocycles. The van der Waals surface area contributed by atoms with E-state index >= 15 is 0 Å². The third-order valence-corrected chi connectivity index (χ3v) is 7.01. The minimum Gasteiger partial charge on any atom is -0.478 e. The molecule has 1 aliphatic rings. The van der Waals surface area contributed by atoms with E-state index in [1.54, 1.807) is 12.1 Å². The number of tetrazole rings is 1. The number of carbonyl (C=O) groups is 1. The van der Waals surface area contributed by atoms with Gasteiger partial charge in [0.1, 0.15) is 5.82 Å². The highest BCUT2D eigenvalue weighted by molar-refractivity contribution is 6.02. The fourth-order valence-electron chi connectivity index (χ4n) is 5.47. The van der Waals surface area contributed by atoms with Crippen LogP contribution in [-0.4, -0.2) is 41.3 Å². The lowest BCUT2D eigenvalue weighted by Gasteiger charge is -2.26. The molecule has 9 heteroatoms. The first-order chi connectivity index (χ1) is 17.5. The maximum Gasteiger partial charge on any atom is 0.337 e. The summed E-state index contributed by atoms with van der Waals surface area (Å²) in [6.07, 6.45) is 2.34. The number of benzene rings is 3. The molecular weight excluding hydrogens is 454 g/mol. The van der Waals surface area contributed by atoms with Crippen LogP contribution in [0.15, 0.2) is 48.5 Å². The van der Waals surface area contributed by atoms with Crippen LogP contribution in [-0.2, 0) is 19.3 Å². The second kappa shape index (κ2) is 8.30. The number of aromatic amines is 1. The maximum atomic E-state index is 12.2. The highest BCUT2D eigenvalue weighted by atomic mass is 16.4. The van der Waals surface area contributed by atoms with E-state index in [9.17, 15) is 9.90 Å². The number of fused-ring (bicyclic) bond motifs is 3. The lowest BCUT2D eigenvalue weighted by Crippen LogP contribution is -2.16. The molecule has 36 heavy (non-hydrogen) atoms. The number of H-pyrrole nitrogens is 1. The van der Waals surface area contributed by atoms with Crippen molar-refractivity contribution in [2.45, 2.75) is 40.0 Å². The Labute approximate surface area is 207 Å². The van der Waals surface area contributed by atoms with Crippen molar-refractivity contribution in [2.24, 2.45) is 0 Å². The summed E-state index contributed by atoms with van der Waals surface area (Å²) < 4.78 is 2.04. The number of hydrogen-bond donors (Lipinski definition) is 2. The zero-order valence-electron chi connectivity index (χ0n) is 20.3. The van der Waals surface area contributed by atoms with Crippen molar-refractivity contribution in [2.75, 3.05) is 4.90 Å². The van der Waals surface area contributed by atoms with E-state index < -0.39 is 5.97 Å². The van der Waals surface area contributed by atoms with Gasteiger partial charge in [0.05, 0.1) is 33.7 Å². The molecule has 2 N–H and O–H groups in total. The Morgan fingerprint density at radius 1 is 1.08 bits per heavy atom. The fraction of sp³-hybridized carbons (Fsp3) is 0.222. The first-order valence-corrected chi connectivity index (χ1v) is 12.0. The summed E-state index contributed by atoms with van der Waals surface area (Å²) in [4.78, 5) is 19.0. The van der Waals surface area contributed by atoms with Crippen LogP contribution in [0.4, 0.5) is 17.3 Å². The number of hydrogen-bond acceptors (Lipinski definition) is 6. The fourth-order valence-corrected chi connectivity index (χ4v) is 5.47. The van der Waals surface area contributed by atoms with E-state index in [-0.39, 0.29) is 5.56 Å². The summed E-state index contributed by atoms with van der Waals surface area (Å²) in [5.41, 5.74) is 9.01. The molecule has 0 spiro atoms.